The molecule has 0 bridgehead atoms. The van der Waals surface area contributed by atoms with Crippen LogP contribution in [0.3, 0.4) is 0 Å². The van der Waals surface area contributed by atoms with Gasteiger partial charge in [-0.1, -0.05) is 13.8 Å². The van der Waals surface area contributed by atoms with E-state index in [1.54, 1.807) is 0 Å². The van der Waals surface area contributed by atoms with Gasteiger partial charge in [0.25, 0.3) is 5.88 Å². The minimum absolute atomic E-state index is 0.491. The van der Waals surface area contributed by atoms with E-state index in [0.29, 0.717) is 18.4 Å². The van der Waals surface area contributed by atoms with Crippen LogP contribution in [0, 0.1) is 5.92 Å². The SMILES string of the molecule is CC(C)COc1nsnc1C1=CNCN(C)C1. The van der Waals surface area contributed by atoms with Gasteiger partial charge in [-0.2, -0.15) is 4.37 Å². The Bertz CT molecular complexity index is 402. The molecular weight excluding hydrogens is 236 g/mol. The van der Waals surface area contributed by atoms with Crippen LogP contribution in [0.4, 0.5) is 0 Å². The van der Waals surface area contributed by atoms with Crippen LogP contribution in [0.5, 0.6) is 5.88 Å². The number of nitrogens with one attached hydrogen (secondary N) is 1. The van der Waals surface area contributed by atoms with E-state index in [0.717, 1.165) is 24.5 Å². The molecule has 1 N–H and O–H groups in total. The largest absolute Gasteiger partial charge is 0.475 e. The van der Waals surface area contributed by atoms with E-state index in [1.807, 2.05) is 6.20 Å². The van der Waals surface area contributed by atoms with Gasteiger partial charge in [0.1, 0.15) is 5.69 Å². The van der Waals surface area contributed by atoms with Crippen molar-refractivity contribution >= 4 is 17.3 Å². The molecule has 17 heavy (non-hydrogen) atoms. The summed E-state index contributed by atoms with van der Waals surface area (Å²) >= 11 is 1.20. The number of aromatic nitrogens is 2. The minimum atomic E-state index is 0.491. The van der Waals surface area contributed by atoms with E-state index in [9.17, 15) is 0 Å². The first-order valence-corrected chi connectivity index (χ1v) is 6.46. The van der Waals surface area contributed by atoms with Crippen molar-refractivity contribution in [3.05, 3.63) is 11.9 Å². The van der Waals surface area contributed by atoms with Gasteiger partial charge < -0.3 is 10.1 Å². The number of nitrogens with zero attached hydrogens (tertiary/aromatic N) is 3. The lowest BCUT2D eigenvalue weighted by molar-refractivity contribution is 0.262. The van der Waals surface area contributed by atoms with Crippen molar-refractivity contribution in [3.8, 4) is 5.88 Å². The molecule has 1 aliphatic heterocycles. The maximum atomic E-state index is 5.68. The van der Waals surface area contributed by atoms with E-state index in [4.69, 9.17) is 4.74 Å². The molecule has 0 aromatic carbocycles. The summed E-state index contributed by atoms with van der Waals surface area (Å²) in [5, 5.41) is 3.21. The molecule has 94 valence electrons. The predicted octanol–water partition coefficient (Wildman–Crippen LogP) is 1.41. The zero-order valence-corrected chi connectivity index (χ0v) is 11.3. The second-order valence-corrected chi connectivity index (χ2v) is 5.20. The first-order valence-electron chi connectivity index (χ1n) is 5.73. The average molecular weight is 254 g/mol. The van der Waals surface area contributed by atoms with Gasteiger partial charge in [0.2, 0.25) is 0 Å². The molecule has 6 heteroatoms. The molecule has 0 atom stereocenters. The molecule has 0 saturated heterocycles. The molecule has 0 amide bonds. The second-order valence-electron chi connectivity index (χ2n) is 4.67. The Morgan fingerprint density at radius 2 is 2.35 bits per heavy atom. The summed E-state index contributed by atoms with van der Waals surface area (Å²) in [4.78, 5) is 2.18. The summed E-state index contributed by atoms with van der Waals surface area (Å²) in [6.07, 6.45) is 2.00. The molecule has 0 saturated carbocycles. The first-order chi connectivity index (χ1) is 8.16. The van der Waals surface area contributed by atoms with Gasteiger partial charge in [-0.15, -0.1) is 4.37 Å². The highest BCUT2D eigenvalue weighted by molar-refractivity contribution is 6.99. The summed E-state index contributed by atoms with van der Waals surface area (Å²) in [5.74, 6) is 1.15. The van der Waals surface area contributed by atoms with Crippen molar-refractivity contribution in [2.24, 2.45) is 5.92 Å². The number of hydrogen-bond donors (Lipinski definition) is 1. The van der Waals surface area contributed by atoms with Crippen LogP contribution in [0.25, 0.3) is 5.57 Å². The average Bonchev–Trinajstić information content (AvgIpc) is 2.74. The Hall–Kier alpha value is -1.14. The Labute approximate surface area is 106 Å². The molecule has 1 aromatic heterocycles. The maximum Gasteiger partial charge on any atom is 0.253 e. The molecule has 0 fully saturated rings. The number of rotatable bonds is 4. The molecule has 0 radical (unpaired) electrons. The van der Waals surface area contributed by atoms with E-state index < -0.39 is 0 Å². The third-order valence-electron chi connectivity index (χ3n) is 2.39. The van der Waals surface area contributed by atoms with Gasteiger partial charge >= 0.3 is 0 Å². The Morgan fingerprint density at radius 3 is 3.06 bits per heavy atom. The summed E-state index contributed by atoms with van der Waals surface area (Å²) in [7, 11) is 2.06. The third-order valence-corrected chi connectivity index (χ3v) is 2.91. The zero-order chi connectivity index (χ0) is 12.3. The lowest BCUT2D eigenvalue weighted by Crippen LogP contribution is -2.34. The third kappa shape index (κ3) is 3.17. The number of likely N-dealkylation sites (N-methyl/N-ethyl adjacent to an activating group) is 1. The molecule has 5 nitrogen and oxygen atoms in total. The van der Waals surface area contributed by atoms with Crippen molar-refractivity contribution < 1.29 is 4.74 Å². The van der Waals surface area contributed by atoms with Crippen molar-refractivity contribution in [2.75, 3.05) is 26.9 Å². The van der Waals surface area contributed by atoms with E-state index in [1.165, 1.54) is 11.7 Å². The number of ether oxygens (including phenoxy) is 1. The van der Waals surface area contributed by atoms with Gasteiger partial charge in [0.05, 0.1) is 25.0 Å². The molecular formula is C11H18N4OS. The van der Waals surface area contributed by atoms with E-state index in [-0.39, 0.29) is 0 Å². The topological polar surface area (TPSA) is 50.3 Å². The van der Waals surface area contributed by atoms with Crippen molar-refractivity contribution in [1.29, 1.82) is 0 Å². The van der Waals surface area contributed by atoms with Crippen LogP contribution in [-0.2, 0) is 0 Å². The fraction of sp³-hybridized carbons (Fsp3) is 0.636. The Balaban J connectivity index is 2.10. The molecule has 1 aliphatic rings. The highest BCUT2D eigenvalue weighted by atomic mass is 32.1. The fourth-order valence-corrected chi connectivity index (χ4v) is 2.11. The maximum absolute atomic E-state index is 5.68. The van der Waals surface area contributed by atoms with Crippen LogP contribution in [-0.4, -0.2) is 40.5 Å². The van der Waals surface area contributed by atoms with Crippen LogP contribution in [0.2, 0.25) is 0 Å². The second kappa shape index (κ2) is 5.46. The molecule has 1 aromatic rings. The van der Waals surface area contributed by atoms with Gasteiger partial charge in [0.15, 0.2) is 0 Å². The van der Waals surface area contributed by atoms with E-state index >= 15 is 0 Å². The van der Waals surface area contributed by atoms with Gasteiger partial charge in [-0.25, -0.2) is 0 Å². The van der Waals surface area contributed by atoms with Crippen molar-refractivity contribution in [1.82, 2.24) is 19.0 Å². The summed E-state index contributed by atoms with van der Waals surface area (Å²) in [5.41, 5.74) is 2.00. The highest BCUT2D eigenvalue weighted by Crippen LogP contribution is 2.25. The standard InChI is InChI=1S/C11H18N4OS/c1-8(2)6-16-11-10(13-17-14-11)9-4-12-7-15(3)5-9/h4,8,12H,5-7H2,1-3H3. The smallest absolute Gasteiger partial charge is 0.253 e. The highest BCUT2D eigenvalue weighted by Gasteiger charge is 2.18. The molecule has 0 spiro atoms. The lowest BCUT2D eigenvalue weighted by atomic mass is 10.2. The molecule has 2 heterocycles. The summed E-state index contributed by atoms with van der Waals surface area (Å²) in [6, 6.07) is 0. The molecule has 0 aliphatic carbocycles. The minimum Gasteiger partial charge on any atom is -0.475 e. The van der Waals surface area contributed by atoms with Crippen LogP contribution < -0.4 is 10.1 Å². The summed E-state index contributed by atoms with van der Waals surface area (Å²) < 4.78 is 14.2. The first kappa shape index (κ1) is 12.3. The number of hydrogen-bond acceptors (Lipinski definition) is 6. The van der Waals surface area contributed by atoms with Gasteiger partial charge in [0, 0.05) is 18.3 Å². The summed E-state index contributed by atoms with van der Waals surface area (Å²) in [6.45, 7) is 6.65. The van der Waals surface area contributed by atoms with Crippen LogP contribution in [0.1, 0.15) is 19.5 Å². The fourth-order valence-electron chi connectivity index (χ4n) is 1.58. The Morgan fingerprint density at radius 1 is 1.53 bits per heavy atom. The van der Waals surface area contributed by atoms with Gasteiger partial charge in [-0.05, 0) is 13.0 Å². The predicted molar refractivity (Wildman–Crippen MR) is 68.9 cm³/mol. The lowest BCUT2D eigenvalue weighted by Gasteiger charge is -2.23. The zero-order valence-electron chi connectivity index (χ0n) is 10.4. The van der Waals surface area contributed by atoms with Gasteiger partial charge in [-0.3, -0.25) is 4.90 Å². The molecule has 2 rings (SSSR count). The van der Waals surface area contributed by atoms with Crippen LogP contribution in [0.15, 0.2) is 6.20 Å². The van der Waals surface area contributed by atoms with Crippen LogP contribution >= 0.6 is 11.7 Å². The normalized spacial score (nSPS) is 16.8. The van der Waals surface area contributed by atoms with Crippen molar-refractivity contribution in [3.63, 3.8) is 0 Å². The quantitative estimate of drug-likeness (QED) is 0.880. The molecule has 0 unspecified atom stereocenters. The Kier molecular flexibility index (Phi) is 3.96. The monoisotopic (exact) mass is 254 g/mol. The van der Waals surface area contributed by atoms with Crippen molar-refractivity contribution in [2.45, 2.75) is 13.8 Å². The van der Waals surface area contributed by atoms with E-state index in [2.05, 4.69) is 39.9 Å².